The van der Waals surface area contributed by atoms with E-state index in [-0.39, 0.29) is 0 Å². The van der Waals surface area contributed by atoms with Gasteiger partial charge in [0.05, 0.1) is 11.3 Å². The fraction of sp³-hybridized carbons (Fsp3) is 0.333. The molecule has 0 heterocycles. The lowest BCUT2D eigenvalue weighted by Gasteiger charge is -2.26. The second kappa shape index (κ2) is 7.14. The van der Waals surface area contributed by atoms with Gasteiger partial charge in [-0.15, -0.1) is 0 Å². The molecule has 2 aromatic carbocycles. The van der Waals surface area contributed by atoms with Crippen molar-refractivity contribution >= 4 is 5.69 Å². The lowest BCUT2D eigenvalue weighted by molar-refractivity contribution is 0.0457. The number of hydrogen-bond donors (Lipinski definition) is 2. The molecule has 2 rings (SSSR count). The Labute approximate surface area is 126 Å². The predicted octanol–water partition coefficient (Wildman–Crippen LogP) is 4.44. The highest BCUT2D eigenvalue weighted by atomic mass is 16.5. The van der Waals surface area contributed by atoms with E-state index in [9.17, 15) is 5.11 Å². The zero-order valence-electron chi connectivity index (χ0n) is 12.7. The van der Waals surface area contributed by atoms with Gasteiger partial charge >= 0.3 is 0 Å². The third-order valence-electron chi connectivity index (χ3n) is 3.78. The molecule has 0 aliphatic rings. The quantitative estimate of drug-likeness (QED) is 0.790. The van der Waals surface area contributed by atoms with Crippen LogP contribution in [0.2, 0.25) is 0 Å². The lowest BCUT2D eigenvalue weighted by Crippen LogP contribution is -2.35. The summed E-state index contributed by atoms with van der Waals surface area (Å²) >= 11 is 0. The average molecular weight is 285 g/mol. The Balaban J connectivity index is 2.10. The number of rotatable bonds is 7. The topological polar surface area (TPSA) is 41.5 Å². The highest BCUT2D eigenvalue weighted by molar-refractivity contribution is 5.57. The molecule has 0 aliphatic carbocycles. The van der Waals surface area contributed by atoms with Crippen molar-refractivity contribution in [1.29, 1.82) is 0 Å². The van der Waals surface area contributed by atoms with Crippen LogP contribution >= 0.6 is 0 Å². The maximum Gasteiger partial charge on any atom is 0.150 e. The van der Waals surface area contributed by atoms with Gasteiger partial charge in [-0.25, -0.2) is 0 Å². The van der Waals surface area contributed by atoms with E-state index in [4.69, 9.17) is 4.74 Å². The van der Waals surface area contributed by atoms with Crippen LogP contribution in [0.4, 0.5) is 5.69 Å². The molecule has 3 nitrogen and oxygen atoms in total. The van der Waals surface area contributed by atoms with Gasteiger partial charge in [0.25, 0.3) is 0 Å². The van der Waals surface area contributed by atoms with Crippen LogP contribution in [-0.4, -0.2) is 17.3 Å². The van der Waals surface area contributed by atoms with Crippen LogP contribution in [0.1, 0.15) is 26.7 Å². The molecule has 2 aromatic rings. The van der Waals surface area contributed by atoms with Crippen molar-refractivity contribution < 1.29 is 9.84 Å². The van der Waals surface area contributed by atoms with Crippen LogP contribution in [-0.2, 0) is 0 Å². The van der Waals surface area contributed by atoms with Gasteiger partial charge < -0.3 is 15.2 Å². The maximum atomic E-state index is 10.4. The molecule has 112 valence electrons. The van der Waals surface area contributed by atoms with Gasteiger partial charge in [-0.2, -0.15) is 0 Å². The van der Waals surface area contributed by atoms with Crippen molar-refractivity contribution in [2.75, 3.05) is 11.9 Å². The van der Waals surface area contributed by atoms with Crippen molar-refractivity contribution in [3.63, 3.8) is 0 Å². The molecule has 3 heteroatoms. The summed E-state index contributed by atoms with van der Waals surface area (Å²) in [5.74, 6) is 1.56. The smallest absolute Gasteiger partial charge is 0.150 e. The van der Waals surface area contributed by atoms with E-state index < -0.39 is 5.60 Å². The molecule has 0 amide bonds. The highest BCUT2D eigenvalue weighted by Gasteiger charge is 2.22. The first kappa shape index (κ1) is 15.4. The molecule has 0 aliphatic heterocycles. The average Bonchev–Trinajstić information content (AvgIpc) is 2.55. The summed E-state index contributed by atoms with van der Waals surface area (Å²) in [6.45, 7) is 4.50. The van der Waals surface area contributed by atoms with E-state index in [1.165, 1.54) is 0 Å². The summed E-state index contributed by atoms with van der Waals surface area (Å²) in [5, 5.41) is 13.7. The molecule has 0 spiro atoms. The first-order chi connectivity index (χ1) is 10.2. The molecule has 0 fully saturated rings. The first-order valence-electron chi connectivity index (χ1n) is 7.45. The molecule has 0 radical (unpaired) electrons. The van der Waals surface area contributed by atoms with Crippen molar-refractivity contribution in [3.05, 3.63) is 54.6 Å². The van der Waals surface area contributed by atoms with Crippen molar-refractivity contribution in [2.45, 2.75) is 32.3 Å². The van der Waals surface area contributed by atoms with Crippen molar-refractivity contribution in [1.82, 2.24) is 0 Å². The summed E-state index contributed by atoms with van der Waals surface area (Å²) in [7, 11) is 0. The second-order valence-corrected chi connectivity index (χ2v) is 5.20. The molecule has 2 N–H and O–H groups in total. The predicted molar refractivity (Wildman–Crippen MR) is 87.0 cm³/mol. The minimum absolute atomic E-state index is 0.509. The number of ether oxygens (including phenoxy) is 1. The van der Waals surface area contributed by atoms with Gasteiger partial charge in [-0.3, -0.25) is 0 Å². The number of nitrogens with one attached hydrogen (secondary N) is 1. The number of aliphatic hydroxyl groups is 1. The third kappa shape index (κ3) is 4.23. The minimum atomic E-state index is -0.681. The second-order valence-electron chi connectivity index (χ2n) is 5.20. The molecule has 0 saturated carbocycles. The van der Waals surface area contributed by atoms with E-state index in [1.54, 1.807) is 0 Å². The molecule has 0 unspecified atom stereocenters. The van der Waals surface area contributed by atoms with Crippen LogP contribution in [0.15, 0.2) is 54.6 Å². The molecule has 21 heavy (non-hydrogen) atoms. The lowest BCUT2D eigenvalue weighted by atomic mass is 9.97. The van der Waals surface area contributed by atoms with Crippen molar-refractivity contribution in [3.8, 4) is 11.5 Å². The zero-order valence-corrected chi connectivity index (χ0v) is 12.7. The van der Waals surface area contributed by atoms with E-state index in [2.05, 4.69) is 5.32 Å². The van der Waals surface area contributed by atoms with Gasteiger partial charge in [-0.05, 0) is 37.1 Å². The van der Waals surface area contributed by atoms with Crippen LogP contribution in [0, 0.1) is 0 Å². The number of anilines is 1. The van der Waals surface area contributed by atoms with Gasteiger partial charge in [0, 0.05) is 6.54 Å². The van der Waals surface area contributed by atoms with Crippen LogP contribution in [0.3, 0.4) is 0 Å². The fourth-order valence-electron chi connectivity index (χ4n) is 2.08. The van der Waals surface area contributed by atoms with E-state index in [0.717, 1.165) is 30.0 Å². The summed E-state index contributed by atoms with van der Waals surface area (Å²) in [6, 6.07) is 17.5. The van der Waals surface area contributed by atoms with E-state index in [0.29, 0.717) is 6.54 Å². The molecule has 0 saturated heterocycles. The normalized spacial score (nSPS) is 11.2. The number of hydrogen-bond acceptors (Lipinski definition) is 3. The monoisotopic (exact) mass is 285 g/mol. The van der Waals surface area contributed by atoms with Gasteiger partial charge in [0.1, 0.15) is 5.75 Å². The third-order valence-corrected chi connectivity index (χ3v) is 3.78. The summed E-state index contributed by atoms with van der Waals surface area (Å²) in [5.41, 5.74) is 0.210. The standard InChI is InChI=1S/C18H23NO2/c1-3-18(20,4-2)14-19-16-12-8-9-13-17(16)21-15-10-6-5-7-11-15/h5-13,19-20H,3-4,14H2,1-2H3. The highest BCUT2D eigenvalue weighted by Crippen LogP contribution is 2.29. The van der Waals surface area contributed by atoms with Crippen LogP contribution < -0.4 is 10.1 Å². The fourth-order valence-corrected chi connectivity index (χ4v) is 2.08. The molecule has 0 atom stereocenters. The Kier molecular flexibility index (Phi) is 5.23. The number of para-hydroxylation sites is 3. The van der Waals surface area contributed by atoms with Gasteiger partial charge in [0.2, 0.25) is 0 Å². The van der Waals surface area contributed by atoms with E-state index in [1.807, 2.05) is 68.4 Å². The van der Waals surface area contributed by atoms with Crippen LogP contribution in [0.25, 0.3) is 0 Å². The molecule has 0 bridgehead atoms. The number of benzene rings is 2. The minimum Gasteiger partial charge on any atom is -0.455 e. The van der Waals surface area contributed by atoms with Gasteiger partial charge in [-0.1, -0.05) is 44.2 Å². The zero-order chi connectivity index (χ0) is 15.1. The van der Waals surface area contributed by atoms with E-state index >= 15 is 0 Å². The molecular formula is C18H23NO2. The molecule has 0 aromatic heterocycles. The Morgan fingerprint density at radius 2 is 1.57 bits per heavy atom. The Bertz CT molecular complexity index is 550. The van der Waals surface area contributed by atoms with Gasteiger partial charge in [0.15, 0.2) is 5.75 Å². The maximum absolute atomic E-state index is 10.4. The largest absolute Gasteiger partial charge is 0.455 e. The Hall–Kier alpha value is -2.00. The van der Waals surface area contributed by atoms with Crippen LogP contribution in [0.5, 0.6) is 11.5 Å². The van der Waals surface area contributed by atoms with Crippen molar-refractivity contribution in [2.24, 2.45) is 0 Å². The Morgan fingerprint density at radius 3 is 2.24 bits per heavy atom. The Morgan fingerprint density at radius 1 is 0.952 bits per heavy atom. The summed E-state index contributed by atoms with van der Waals surface area (Å²) in [4.78, 5) is 0. The SMILES string of the molecule is CCC(O)(CC)CNc1ccccc1Oc1ccccc1. The summed E-state index contributed by atoms with van der Waals surface area (Å²) in [6.07, 6.45) is 1.44. The summed E-state index contributed by atoms with van der Waals surface area (Å²) < 4.78 is 5.90. The first-order valence-corrected chi connectivity index (χ1v) is 7.45. The molecular weight excluding hydrogens is 262 g/mol.